The van der Waals surface area contributed by atoms with Crippen LogP contribution in [0.3, 0.4) is 0 Å². The van der Waals surface area contributed by atoms with E-state index in [1.165, 1.54) is 38.5 Å². The number of hydrogen-bond donors (Lipinski definition) is 2. The van der Waals surface area contributed by atoms with Crippen molar-refractivity contribution in [3.05, 3.63) is 35.9 Å². The molecule has 0 unspecified atom stereocenters. The van der Waals surface area contributed by atoms with Crippen LogP contribution in [0.4, 0.5) is 0 Å². The van der Waals surface area contributed by atoms with Crippen LogP contribution in [0.5, 0.6) is 0 Å². The smallest absolute Gasteiger partial charge is 0.321 e. The van der Waals surface area contributed by atoms with Crippen molar-refractivity contribution in [1.82, 2.24) is 5.32 Å². The molecule has 0 saturated heterocycles. The fraction of sp³-hybridized carbons (Fsp3) is 0.588. The summed E-state index contributed by atoms with van der Waals surface area (Å²) in [7, 11) is 0. The maximum Gasteiger partial charge on any atom is 0.321 e. The van der Waals surface area contributed by atoms with E-state index >= 15 is 0 Å². The molecule has 3 heteroatoms. The largest absolute Gasteiger partial charge is 0.480 e. The number of carbonyl (C=O) groups is 1. The summed E-state index contributed by atoms with van der Waals surface area (Å²) in [5, 5.41) is 12.6. The number of rotatable bonds is 6. The normalized spacial score (nSPS) is 18.4. The summed E-state index contributed by atoms with van der Waals surface area (Å²) < 4.78 is 0. The highest BCUT2D eigenvalue weighted by Gasteiger charge is 2.20. The van der Waals surface area contributed by atoms with Crippen LogP contribution in [0.25, 0.3) is 0 Å². The zero-order valence-corrected chi connectivity index (χ0v) is 12.1. The van der Waals surface area contributed by atoms with Gasteiger partial charge in [-0.15, -0.1) is 0 Å². The summed E-state index contributed by atoms with van der Waals surface area (Å²) in [6.45, 7) is 0.837. The van der Waals surface area contributed by atoms with E-state index < -0.39 is 12.0 Å². The molecule has 1 aliphatic carbocycles. The Morgan fingerprint density at radius 2 is 1.80 bits per heavy atom. The number of carboxylic acid groups (broad SMARTS) is 1. The summed E-state index contributed by atoms with van der Waals surface area (Å²) in [5.41, 5.74) is 1.08. The van der Waals surface area contributed by atoms with Gasteiger partial charge >= 0.3 is 5.97 Å². The van der Waals surface area contributed by atoms with Crippen molar-refractivity contribution in [3.63, 3.8) is 0 Å². The van der Waals surface area contributed by atoms with Crippen molar-refractivity contribution in [1.29, 1.82) is 0 Å². The summed E-state index contributed by atoms with van der Waals surface area (Å²) in [6, 6.07) is 9.38. The van der Waals surface area contributed by atoms with Crippen LogP contribution < -0.4 is 5.32 Å². The molecule has 0 aliphatic heterocycles. The molecule has 0 spiro atoms. The van der Waals surface area contributed by atoms with Crippen LogP contribution >= 0.6 is 0 Å². The van der Waals surface area contributed by atoms with E-state index in [1.807, 2.05) is 30.3 Å². The van der Waals surface area contributed by atoms with Gasteiger partial charge in [-0.1, -0.05) is 56.0 Å². The quantitative estimate of drug-likeness (QED) is 0.784. The zero-order chi connectivity index (χ0) is 14.2. The van der Waals surface area contributed by atoms with Crippen LogP contribution in [0.15, 0.2) is 30.3 Å². The molecular formula is C17H25NO2. The van der Waals surface area contributed by atoms with Crippen LogP contribution in [-0.4, -0.2) is 23.7 Å². The average Bonchev–Trinajstić information content (AvgIpc) is 2.73. The Kier molecular flexibility index (Phi) is 6.06. The lowest BCUT2D eigenvalue weighted by molar-refractivity contribution is -0.139. The number of benzene rings is 1. The highest BCUT2D eigenvalue weighted by atomic mass is 16.4. The Morgan fingerprint density at radius 3 is 2.40 bits per heavy atom. The molecule has 1 fully saturated rings. The second-order valence-corrected chi connectivity index (χ2v) is 5.85. The van der Waals surface area contributed by atoms with Gasteiger partial charge in [-0.3, -0.25) is 4.79 Å². The van der Waals surface area contributed by atoms with E-state index in [2.05, 4.69) is 5.32 Å². The van der Waals surface area contributed by atoms with E-state index in [0.717, 1.165) is 12.1 Å². The topological polar surface area (TPSA) is 49.3 Å². The molecule has 1 aliphatic rings. The second kappa shape index (κ2) is 8.05. The molecular weight excluding hydrogens is 250 g/mol. The predicted octanol–water partition coefficient (Wildman–Crippen LogP) is 3.24. The van der Waals surface area contributed by atoms with Gasteiger partial charge in [0.2, 0.25) is 0 Å². The van der Waals surface area contributed by atoms with Gasteiger partial charge < -0.3 is 10.4 Å². The molecule has 1 aromatic carbocycles. The molecule has 3 nitrogen and oxygen atoms in total. The third-order valence-electron chi connectivity index (χ3n) is 4.21. The Hall–Kier alpha value is -1.35. The van der Waals surface area contributed by atoms with Crippen molar-refractivity contribution in [3.8, 4) is 0 Å². The van der Waals surface area contributed by atoms with Crippen molar-refractivity contribution < 1.29 is 9.90 Å². The van der Waals surface area contributed by atoms with Gasteiger partial charge in [-0.2, -0.15) is 0 Å². The van der Waals surface area contributed by atoms with Crippen molar-refractivity contribution in [2.24, 2.45) is 5.92 Å². The zero-order valence-electron chi connectivity index (χ0n) is 12.1. The third kappa shape index (κ3) is 4.97. The summed E-state index contributed by atoms with van der Waals surface area (Å²) in [4.78, 5) is 11.4. The molecule has 0 bridgehead atoms. The Morgan fingerprint density at radius 1 is 1.15 bits per heavy atom. The molecule has 20 heavy (non-hydrogen) atoms. The van der Waals surface area contributed by atoms with E-state index in [4.69, 9.17) is 0 Å². The van der Waals surface area contributed by atoms with E-state index in [1.54, 1.807) is 0 Å². The van der Waals surface area contributed by atoms with Crippen molar-refractivity contribution >= 4 is 5.97 Å². The van der Waals surface area contributed by atoms with Crippen LogP contribution in [0.1, 0.15) is 44.1 Å². The van der Waals surface area contributed by atoms with Gasteiger partial charge in [0.15, 0.2) is 0 Å². The van der Waals surface area contributed by atoms with Gasteiger partial charge in [0, 0.05) is 0 Å². The third-order valence-corrected chi connectivity index (χ3v) is 4.21. The first kappa shape index (κ1) is 15.0. The van der Waals surface area contributed by atoms with Gasteiger partial charge in [-0.25, -0.2) is 0 Å². The maximum absolute atomic E-state index is 11.4. The van der Waals surface area contributed by atoms with E-state index in [9.17, 15) is 9.90 Å². The second-order valence-electron chi connectivity index (χ2n) is 5.85. The first-order valence-corrected chi connectivity index (χ1v) is 7.76. The standard InChI is InChI=1S/C17H25NO2/c19-17(20)16(12-14-8-6-3-7-9-14)18-13-15-10-4-1-2-5-11-15/h3,6-9,15-16,18H,1-2,4-5,10-13H2,(H,19,20)/t16-/m1/s1. The lowest BCUT2D eigenvalue weighted by Gasteiger charge is -2.19. The summed E-state index contributed by atoms with van der Waals surface area (Å²) >= 11 is 0. The van der Waals surface area contributed by atoms with Gasteiger partial charge in [0.25, 0.3) is 0 Å². The predicted molar refractivity (Wildman–Crippen MR) is 80.8 cm³/mol. The Labute approximate surface area is 121 Å². The molecule has 1 saturated carbocycles. The molecule has 0 aromatic heterocycles. The van der Waals surface area contributed by atoms with Gasteiger partial charge in [-0.05, 0) is 37.3 Å². The molecule has 2 rings (SSSR count). The fourth-order valence-electron chi connectivity index (χ4n) is 2.97. The fourth-order valence-corrected chi connectivity index (χ4v) is 2.97. The van der Waals surface area contributed by atoms with Crippen LogP contribution in [0, 0.1) is 5.92 Å². The van der Waals surface area contributed by atoms with Crippen LogP contribution in [-0.2, 0) is 11.2 Å². The number of aliphatic carboxylic acids is 1. The Bertz CT molecular complexity index is 397. The number of carboxylic acids is 1. The summed E-state index contributed by atoms with van der Waals surface area (Å²) in [5.74, 6) is -0.0994. The van der Waals surface area contributed by atoms with E-state index in [-0.39, 0.29) is 0 Å². The van der Waals surface area contributed by atoms with Crippen molar-refractivity contribution in [2.75, 3.05) is 6.54 Å². The Balaban J connectivity index is 1.84. The van der Waals surface area contributed by atoms with Gasteiger partial charge in [0.1, 0.15) is 6.04 Å². The molecule has 0 radical (unpaired) electrons. The molecule has 0 amide bonds. The lowest BCUT2D eigenvalue weighted by atomic mass is 9.99. The average molecular weight is 275 g/mol. The minimum Gasteiger partial charge on any atom is -0.480 e. The molecule has 110 valence electrons. The molecule has 1 aromatic rings. The number of nitrogens with one attached hydrogen (secondary N) is 1. The highest BCUT2D eigenvalue weighted by molar-refractivity contribution is 5.73. The van der Waals surface area contributed by atoms with Crippen LogP contribution in [0.2, 0.25) is 0 Å². The molecule has 2 N–H and O–H groups in total. The maximum atomic E-state index is 11.4. The molecule has 0 heterocycles. The molecule has 1 atom stereocenters. The minimum absolute atomic E-state index is 0.472. The van der Waals surface area contributed by atoms with Gasteiger partial charge in [0.05, 0.1) is 0 Å². The SMILES string of the molecule is O=C(O)[C@@H](Cc1ccccc1)NCC1CCCCCC1. The first-order valence-electron chi connectivity index (χ1n) is 7.76. The minimum atomic E-state index is -0.748. The monoisotopic (exact) mass is 275 g/mol. The number of hydrogen-bond acceptors (Lipinski definition) is 2. The first-order chi connectivity index (χ1) is 9.75. The van der Waals surface area contributed by atoms with Crippen molar-refractivity contribution in [2.45, 2.75) is 51.0 Å². The lowest BCUT2D eigenvalue weighted by Crippen LogP contribution is -2.41. The summed E-state index contributed by atoms with van der Waals surface area (Å²) in [6.07, 6.45) is 8.30. The van der Waals surface area contributed by atoms with E-state index in [0.29, 0.717) is 12.3 Å². The highest BCUT2D eigenvalue weighted by Crippen LogP contribution is 2.22.